The first-order valence-corrected chi connectivity index (χ1v) is 8.05. The van der Waals surface area contributed by atoms with Crippen LogP contribution in [0.4, 0.5) is 37.7 Å². The maximum absolute atomic E-state index is 12.3. The van der Waals surface area contributed by atoms with Crippen molar-refractivity contribution in [2.45, 2.75) is 20.8 Å². The zero-order chi connectivity index (χ0) is 18.8. The first-order valence-electron chi connectivity index (χ1n) is 6.41. The van der Waals surface area contributed by atoms with Crippen LogP contribution in [0.2, 0.25) is 0 Å². The Morgan fingerprint density at radius 1 is 0.680 bits per heavy atom. The molecule has 2 rings (SSSR count). The zero-order valence-electron chi connectivity index (χ0n) is 12.1. The van der Waals surface area contributed by atoms with E-state index in [1.807, 2.05) is 0 Å². The lowest BCUT2D eigenvalue weighted by atomic mass is 10.2. The van der Waals surface area contributed by atoms with Gasteiger partial charge in [-0.15, -0.1) is 0 Å². The fraction of sp³-hybridized carbons (Fsp3) is 0.143. The molecular weight excluding hydrogens is 390 g/mol. The quantitative estimate of drug-likeness (QED) is 0.382. The van der Waals surface area contributed by atoms with Crippen molar-refractivity contribution in [2.75, 3.05) is 11.5 Å². The first-order chi connectivity index (χ1) is 11.4. The van der Waals surface area contributed by atoms with Crippen LogP contribution in [0.3, 0.4) is 0 Å². The van der Waals surface area contributed by atoms with Crippen LogP contribution in [-0.4, -0.2) is 11.0 Å². The minimum atomic E-state index is -4.45. The van der Waals surface area contributed by atoms with E-state index in [1.165, 1.54) is 12.1 Å². The van der Waals surface area contributed by atoms with Gasteiger partial charge in [-0.1, -0.05) is 0 Å². The van der Waals surface area contributed by atoms with Gasteiger partial charge in [0.15, 0.2) is 0 Å². The summed E-state index contributed by atoms with van der Waals surface area (Å²) in [7, 11) is 0. The molecule has 0 bridgehead atoms. The number of rotatable bonds is 4. The molecular formula is C14H10F6N2OS2. The molecule has 136 valence electrons. The lowest BCUT2D eigenvalue weighted by Gasteiger charge is -2.13. The standard InChI is InChI=1S/C14H10F6N2OS2/c15-13(16,17)24-7-1-3-11(9(21)5-7)23-12-4-2-8(6-10(12)22)25-14(18,19)20/h1-6H,21-22H2. The van der Waals surface area contributed by atoms with Gasteiger partial charge in [-0.25, -0.2) is 0 Å². The number of anilines is 2. The second-order valence-electron chi connectivity index (χ2n) is 4.60. The molecule has 0 atom stereocenters. The van der Waals surface area contributed by atoms with Crippen LogP contribution in [0.5, 0.6) is 11.5 Å². The normalized spacial score (nSPS) is 12.2. The molecule has 0 fully saturated rings. The summed E-state index contributed by atoms with van der Waals surface area (Å²) in [6.07, 6.45) is 0. The highest BCUT2D eigenvalue weighted by atomic mass is 32.2. The SMILES string of the molecule is Nc1cc(SC(F)(F)F)ccc1Oc1ccc(SC(F)(F)F)cc1N. The first kappa shape index (κ1) is 19.4. The fourth-order valence-electron chi connectivity index (χ4n) is 1.75. The highest BCUT2D eigenvalue weighted by molar-refractivity contribution is 8.00. The maximum atomic E-state index is 12.3. The van der Waals surface area contributed by atoms with Crippen LogP contribution in [0, 0.1) is 0 Å². The highest BCUT2D eigenvalue weighted by Gasteiger charge is 2.30. The van der Waals surface area contributed by atoms with Gasteiger partial charge in [-0.2, -0.15) is 26.3 Å². The maximum Gasteiger partial charge on any atom is 0.446 e. The molecule has 0 aliphatic rings. The Labute approximate surface area is 146 Å². The predicted octanol–water partition coefficient (Wildman–Crippen LogP) is 5.87. The van der Waals surface area contributed by atoms with Gasteiger partial charge < -0.3 is 16.2 Å². The van der Waals surface area contributed by atoms with Crippen molar-refractivity contribution in [1.29, 1.82) is 0 Å². The minimum Gasteiger partial charge on any atom is -0.453 e. The number of hydrogen-bond donors (Lipinski definition) is 2. The van der Waals surface area contributed by atoms with E-state index in [-0.39, 0.29) is 56.2 Å². The van der Waals surface area contributed by atoms with Crippen molar-refractivity contribution < 1.29 is 31.1 Å². The molecule has 0 unspecified atom stereocenters. The summed E-state index contributed by atoms with van der Waals surface area (Å²) < 4.78 is 79.3. The van der Waals surface area contributed by atoms with E-state index >= 15 is 0 Å². The van der Waals surface area contributed by atoms with Crippen molar-refractivity contribution in [1.82, 2.24) is 0 Å². The number of nitrogens with two attached hydrogens (primary N) is 2. The third-order valence-corrected chi connectivity index (χ3v) is 4.09. The predicted molar refractivity (Wildman–Crippen MR) is 85.6 cm³/mol. The van der Waals surface area contributed by atoms with Crippen LogP contribution >= 0.6 is 23.5 Å². The van der Waals surface area contributed by atoms with E-state index in [2.05, 4.69) is 0 Å². The van der Waals surface area contributed by atoms with Gasteiger partial charge in [0.1, 0.15) is 11.5 Å². The zero-order valence-corrected chi connectivity index (χ0v) is 13.7. The smallest absolute Gasteiger partial charge is 0.446 e. The van der Waals surface area contributed by atoms with E-state index in [9.17, 15) is 26.3 Å². The van der Waals surface area contributed by atoms with Crippen LogP contribution in [0.15, 0.2) is 46.2 Å². The second kappa shape index (κ2) is 7.16. The topological polar surface area (TPSA) is 61.3 Å². The van der Waals surface area contributed by atoms with Gasteiger partial charge >= 0.3 is 11.0 Å². The van der Waals surface area contributed by atoms with Crippen LogP contribution in [0.25, 0.3) is 0 Å². The van der Waals surface area contributed by atoms with E-state index in [0.717, 1.165) is 24.3 Å². The van der Waals surface area contributed by atoms with Crippen LogP contribution in [0.1, 0.15) is 0 Å². The van der Waals surface area contributed by atoms with E-state index < -0.39 is 11.0 Å². The third kappa shape index (κ3) is 6.16. The number of halogens is 6. The van der Waals surface area contributed by atoms with Gasteiger partial charge in [-0.3, -0.25) is 0 Å². The summed E-state index contributed by atoms with van der Waals surface area (Å²) in [4.78, 5) is -0.246. The molecule has 0 amide bonds. The molecule has 0 radical (unpaired) electrons. The van der Waals surface area contributed by atoms with Crippen LogP contribution in [-0.2, 0) is 0 Å². The Morgan fingerprint density at radius 2 is 1.04 bits per heavy atom. The molecule has 0 heterocycles. The molecule has 0 saturated carbocycles. The molecule has 4 N–H and O–H groups in total. The third-order valence-electron chi connectivity index (χ3n) is 2.65. The molecule has 25 heavy (non-hydrogen) atoms. The monoisotopic (exact) mass is 400 g/mol. The lowest BCUT2D eigenvalue weighted by molar-refractivity contribution is -0.0337. The van der Waals surface area contributed by atoms with Crippen molar-refractivity contribution in [3.8, 4) is 11.5 Å². The number of hydrogen-bond acceptors (Lipinski definition) is 5. The Balaban J connectivity index is 2.17. The molecule has 0 aliphatic carbocycles. The molecule has 2 aromatic carbocycles. The second-order valence-corrected chi connectivity index (χ2v) is 6.87. The Bertz CT molecular complexity index is 700. The average molecular weight is 400 g/mol. The molecule has 0 saturated heterocycles. The number of alkyl halides is 6. The molecule has 3 nitrogen and oxygen atoms in total. The van der Waals surface area contributed by atoms with Gasteiger partial charge in [0.25, 0.3) is 0 Å². The molecule has 2 aromatic rings. The van der Waals surface area contributed by atoms with Crippen molar-refractivity contribution >= 4 is 34.9 Å². The Morgan fingerprint density at radius 3 is 1.32 bits per heavy atom. The number of benzene rings is 2. The van der Waals surface area contributed by atoms with Gasteiger partial charge in [0.05, 0.1) is 11.4 Å². The molecule has 0 aliphatic heterocycles. The summed E-state index contributed by atoms with van der Waals surface area (Å²) in [6.45, 7) is 0. The van der Waals surface area contributed by atoms with Gasteiger partial charge in [0.2, 0.25) is 0 Å². The van der Waals surface area contributed by atoms with Crippen LogP contribution < -0.4 is 16.2 Å². The van der Waals surface area contributed by atoms with Gasteiger partial charge in [-0.05, 0) is 59.9 Å². The largest absolute Gasteiger partial charge is 0.453 e. The number of thioether (sulfide) groups is 2. The lowest BCUT2D eigenvalue weighted by Crippen LogP contribution is -2.01. The Kier molecular flexibility index (Phi) is 5.57. The number of ether oxygens (including phenoxy) is 1. The molecule has 11 heteroatoms. The summed E-state index contributed by atoms with van der Waals surface area (Å²) in [5.41, 5.74) is 2.26. The Hall–Kier alpha value is -1.88. The van der Waals surface area contributed by atoms with Crippen molar-refractivity contribution in [3.63, 3.8) is 0 Å². The molecule has 0 spiro atoms. The van der Waals surface area contributed by atoms with E-state index in [0.29, 0.717) is 0 Å². The van der Waals surface area contributed by atoms with E-state index in [1.54, 1.807) is 0 Å². The summed E-state index contributed by atoms with van der Waals surface area (Å²) in [5.74, 6) is 0.0731. The number of nitrogen functional groups attached to an aromatic ring is 2. The van der Waals surface area contributed by atoms with Gasteiger partial charge in [0, 0.05) is 9.79 Å². The van der Waals surface area contributed by atoms with Crippen molar-refractivity contribution in [2.24, 2.45) is 0 Å². The minimum absolute atomic E-state index is 0.0365. The fourth-order valence-corrected chi connectivity index (χ4v) is 2.93. The summed E-state index contributed by atoms with van der Waals surface area (Å²) in [5, 5.41) is 0. The highest BCUT2D eigenvalue weighted by Crippen LogP contribution is 2.42. The molecule has 0 aromatic heterocycles. The van der Waals surface area contributed by atoms with Crippen molar-refractivity contribution in [3.05, 3.63) is 36.4 Å². The average Bonchev–Trinajstić information content (AvgIpc) is 2.40. The summed E-state index contributed by atoms with van der Waals surface area (Å²) >= 11 is -0.659. The summed E-state index contributed by atoms with van der Waals surface area (Å²) in [6, 6.07) is 6.93. The van der Waals surface area contributed by atoms with E-state index in [4.69, 9.17) is 16.2 Å².